The first-order chi connectivity index (χ1) is 15.7. The summed E-state index contributed by atoms with van der Waals surface area (Å²) in [5.74, 6) is -0.644. The predicted molar refractivity (Wildman–Crippen MR) is 125 cm³/mol. The molecular formula is C23H27ClN2O6S. The van der Waals surface area contributed by atoms with Gasteiger partial charge in [0.15, 0.2) is 6.61 Å². The van der Waals surface area contributed by atoms with Crippen LogP contribution < -0.4 is 10.1 Å². The predicted octanol–water partition coefficient (Wildman–Crippen LogP) is 3.95. The van der Waals surface area contributed by atoms with Crippen molar-refractivity contribution in [2.45, 2.75) is 31.6 Å². The molecule has 0 radical (unpaired) electrons. The average molecular weight is 495 g/mol. The molecule has 0 saturated carbocycles. The minimum Gasteiger partial charge on any atom is -0.492 e. The standard InChI is InChI=1S/C23H27ClN2O6S/c1-3-31-20-9-5-4-8-19(20)25-22(27)15-32-23(28)17-10-11-18(24)21(13-17)33(29,30)26-12-6-7-16(2)14-26/h4-5,8-11,13,16H,3,6-7,12,14-15H2,1-2H3,(H,25,27). The van der Waals surface area contributed by atoms with E-state index in [2.05, 4.69) is 5.32 Å². The highest BCUT2D eigenvalue weighted by Gasteiger charge is 2.31. The highest BCUT2D eigenvalue weighted by molar-refractivity contribution is 7.89. The molecule has 1 aliphatic rings. The van der Waals surface area contributed by atoms with Crippen molar-refractivity contribution in [2.24, 2.45) is 5.92 Å². The number of ether oxygens (including phenoxy) is 2. The van der Waals surface area contributed by atoms with Gasteiger partial charge in [-0.15, -0.1) is 0 Å². The van der Waals surface area contributed by atoms with Gasteiger partial charge in [0.25, 0.3) is 5.91 Å². The fourth-order valence-corrected chi connectivity index (χ4v) is 5.68. The second kappa shape index (κ2) is 11.0. The maximum absolute atomic E-state index is 13.1. The number of nitrogens with one attached hydrogen (secondary N) is 1. The number of carbonyl (C=O) groups is 2. The summed E-state index contributed by atoms with van der Waals surface area (Å²) in [6, 6.07) is 10.8. The van der Waals surface area contributed by atoms with Crippen LogP contribution in [0.15, 0.2) is 47.4 Å². The lowest BCUT2D eigenvalue weighted by atomic mass is 10.0. The molecular weight excluding hydrogens is 468 g/mol. The number of nitrogens with zero attached hydrogens (tertiary/aromatic N) is 1. The maximum Gasteiger partial charge on any atom is 0.338 e. The van der Waals surface area contributed by atoms with Gasteiger partial charge in [-0.25, -0.2) is 13.2 Å². The molecule has 1 aliphatic heterocycles. The van der Waals surface area contributed by atoms with Gasteiger partial charge < -0.3 is 14.8 Å². The molecule has 2 aromatic rings. The molecule has 178 valence electrons. The zero-order valence-corrected chi connectivity index (χ0v) is 20.1. The maximum atomic E-state index is 13.1. The lowest BCUT2D eigenvalue weighted by Crippen LogP contribution is -2.39. The summed E-state index contributed by atoms with van der Waals surface area (Å²) in [6.45, 7) is 4.51. The Hall–Kier alpha value is -2.62. The first kappa shape index (κ1) is 25.0. The van der Waals surface area contributed by atoms with E-state index >= 15 is 0 Å². The van der Waals surface area contributed by atoms with E-state index in [0.717, 1.165) is 12.8 Å². The summed E-state index contributed by atoms with van der Waals surface area (Å²) in [5.41, 5.74) is 0.446. The largest absolute Gasteiger partial charge is 0.492 e. The number of hydrogen-bond acceptors (Lipinski definition) is 6. The third-order valence-corrected chi connectivity index (χ3v) is 7.55. The number of halogens is 1. The molecule has 8 nitrogen and oxygen atoms in total. The van der Waals surface area contributed by atoms with Crippen LogP contribution in [0.4, 0.5) is 5.69 Å². The van der Waals surface area contributed by atoms with Gasteiger partial charge in [-0.3, -0.25) is 4.79 Å². The summed E-state index contributed by atoms with van der Waals surface area (Å²) in [4.78, 5) is 24.6. The second-order valence-corrected chi connectivity index (χ2v) is 10.1. The van der Waals surface area contributed by atoms with E-state index in [0.29, 0.717) is 31.1 Å². The monoisotopic (exact) mass is 494 g/mol. The molecule has 1 saturated heterocycles. The van der Waals surface area contributed by atoms with Crippen LogP contribution >= 0.6 is 11.6 Å². The SMILES string of the molecule is CCOc1ccccc1NC(=O)COC(=O)c1ccc(Cl)c(S(=O)(=O)N2CCCC(C)C2)c1. The summed E-state index contributed by atoms with van der Waals surface area (Å²) in [6.07, 6.45) is 1.73. The van der Waals surface area contributed by atoms with Crippen molar-refractivity contribution in [1.29, 1.82) is 0 Å². The smallest absolute Gasteiger partial charge is 0.338 e. The second-order valence-electron chi connectivity index (χ2n) is 7.81. The number of esters is 1. The minimum atomic E-state index is -3.86. The molecule has 10 heteroatoms. The lowest BCUT2D eigenvalue weighted by Gasteiger charge is -2.30. The van der Waals surface area contributed by atoms with Crippen molar-refractivity contribution in [3.63, 3.8) is 0 Å². The number of rotatable bonds is 8. The third kappa shape index (κ3) is 6.25. The van der Waals surface area contributed by atoms with Crippen LogP contribution in [0.2, 0.25) is 5.02 Å². The van der Waals surface area contributed by atoms with Gasteiger partial charge in [0.2, 0.25) is 10.0 Å². The highest BCUT2D eigenvalue weighted by atomic mass is 35.5. The summed E-state index contributed by atoms with van der Waals surface area (Å²) in [5, 5.41) is 2.65. The van der Waals surface area contributed by atoms with E-state index < -0.39 is 28.5 Å². The molecule has 0 bridgehead atoms. The summed E-state index contributed by atoms with van der Waals surface area (Å²) in [7, 11) is -3.86. The minimum absolute atomic E-state index is 0.00875. The first-order valence-electron chi connectivity index (χ1n) is 10.7. The van der Waals surface area contributed by atoms with Crippen LogP contribution in [-0.4, -0.2) is 50.9 Å². The third-order valence-electron chi connectivity index (χ3n) is 5.20. The molecule has 3 rings (SSSR count). The van der Waals surface area contributed by atoms with Gasteiger partial charge in [-0.2, -0.15) is 4.31 Å². The Kier molecular flexibility index (Phi) is 8.34. The van der Waals surface area contributed by atoms with Crippen molar-refractivity contribution in [2.75, 3.05) is 31.6 Å². The van der Waals surface area contributed by atoms with Crippen LogP contribution in [0.25, 0.3) is 0 Å². The fourth-order valence-electron chi connectivity index (χ4n) is 3.58. The molecule has 1 N–H and O–H groups in total. The number of anilines is 1. The summed E-state index contributed by atoms with van der Waals surface area (Å²) < 4.78 is 38.1. The number of para-hydroxylation sites is 2. The molecule has 1 heterocycles. The van der Waals surface area contributed by atoms with E-state index in [-0.39, 0.29) is 21.4 Å². The zero-order valence-electron chi connectivity index (χ0n) is 18.5. The molecule has 1 unspecified atom stereocenters. The Balaban J connectivity index is 1.68. The van der Waals surface area contributed by atoms with Crippen LogP contribution in [-0.2, 0) is 19.6 Å². The van der Waals surface area contributed by atoms with Gasteiger partial charge in [0, 0.05) is 13.1 Å². The van der Waals surface area contributed by atoms with Gasteiger partial charge in [-0.05, 0) is 56.0 Å². The Morgan fingerprint density at radius 3 is 2.70 bits per heavy atom. The number of sulfonamides is 1. The lowest BCUT2D eigenvalue weighted by molar-refractivity contribution is -0.119. The van der Waals surface area contributed by atoms with Crippen molar-refractivity contribution >= 4 is 39.2 Å². The normalized spacial score (nSPS) is 16.8. The number of benzene rings is 2. The number of amides is 1. The molecule has 2 aromatic carbocycles. The van der Waals surface area contributed by atoms with Gasteiger partial charge in [-0.1, -0.05) is 30.7 Å². The molecule has 1 atom stereocenters. The number of piperidine rings is 1. The topological polar surface area (TPSA) is 102 Å². The van der Waals surface area contributed by atoms with Crippen molar-refractivity contribution in [3.8, 4) is 5.75 Å². The number of hydrogen-bond donors (Lipinski definition) is 1. The highest BCUT2D eigenvalue weighted by Crippen LogP contribution is 2.29. The van der Waals surface area contributed by atoms with Crippen molar-refractivity contribution < 1.29 is 27.5 Å². The zero-order chi connectivity index (χ0) is 24.0. The van der Waals surface area contributed by atoms with E-state index in [1.165, 1.54) is 22.5 Å². The molecule has 0 aromatic heterocycles. The molecule has 1 fully saturated rings. The number of carbonyl (C=O) groups excluding carboxylic acids is 2. The van der Waals surface area contributed by atoms with Crippen LogP contribution in [0, 0.1) is 5.92 Å². The first-order valence-corrected chi connectivity index (χ1v) is 12.5. The van der Waals surface area contributed by atoms with Crippen LogP contribution in [0.1, 0.15) is 37.0 Å². The summed E-state index contributed by atoms with van der Waals surface area (Å²) >= 11 is 6.17. The van der Waals surface area contributed by atoms with Gasteiger partial charge >= 0.3 is 5.97 Å². The van der Waals surface area contributed by atoms with Crippen molar-refractivity contribution in [1.82, 2.24) is 4.31 Å². The Bertz CT molecular complexity index is 1120. The molecule has 33 heavy (non-hydrogen) atoms. The Morgan fingerprint density at radius 2 is 1.97 bits per heavy atom. The van der Waals surface area contributed by atoms with Crippen LogP contribution in [0.5, 0.6) is 5.75 Å². The molecule has 0 aliphatic carbocycles. The Morgan fingerprint density at radius 1 is 1.21 bits per heavy atom. The van der Waals surface area contributed by atoms with Crippen molar-refractivity contribution in [3.05, 3.63) is 53.1 Å². The Labute approximate surface area is 198 Å². The van der Waals surface area contributed by atoms with Gasteiger partial charge in [0.1, 0.15) is 10.6 Å². The average Bonchev–Trinajstić information content (AvgIpc) is 2.79. The van der Waals surface area contributed by atoms with Gasteiger partial charge in [0.05, 0.1) is 22.9 Å². The van der Waals surface area contributed by atoms with Crippen LogP contribution in [0.3, 0.4) is 0 Å². The van der Waals surface area contributed by atoms with E-state index in [4.69, 9.17) is 21.1 Å². The fraction of sp³-hybridized carbons (Fsp3) is 0.391. The quantitative estimate of drug-likeness (QED) is 0.557. The van der Waals surface area contributed by atoms with E-state index in [9.17, 15) is 18.0 Å². The molecule has 0 spiro atoms. The van der Waals surface area contributed by atoms with E-state index in [1.807, 2.05) is 13.8 Å². The molecule has 1 amide bonds. The van der Waals surface area contributed by atoms with E-state index in [1.54, 1.807) is 24.3 Å².